The molecule has 0 radical (unpaired) electrons. The second-order valence-corrected chi connectivity index (χ2v) is 7.08. The molecule has 0 N–H and O–H groups in total. The fraction of sp³-hybridized carbons (Fsp3) is 0.650. The van der Waals surface area contributed by atoms with Crippen LogP contribution in [-0.4, -0.2) is 68.3 Å². The van der Waals surface area contributed by atoms with Gasteiger partial charge >= 0.3 is 0 Å². The number of hydrogen-bond acceptors (Lipinski definition) is 4. The summed E-state index contributed by atoms with van der Waals surface area (Å²) in [6, 6.07) is 8.08. The first kappa shape index (κ1) is 18.2. The van der Waals surface area contributed by atoms with E-state index in [4.69, 9.17) is 9.47 Å². The number of carbonyl (C=O) groups is 1. The van der Waals surface area contributed by atoms with Crippen LogP contribution in [-0.2, 0) is 16.0 Å². The zero-order valence-electron chi connectivity index (χ0n) is 15.3. The number of hydrogen-bond donors (Lipinski definition) is 0. The highest BCUT2D eigenvalue weighted by molar-refractivity contribution is 5.78. The Morgan fingerprint density at radius 1 is 1.12 bits per heavy atom. The average molecular weight is 346 g/mol. The van der Waals surface area contributed by atoms with Crippen LogP contribution in [0.25, 0.3) is 0 Å². The second-order valence-electron chi connectivity index (χ2n) is 7.08. The fourth-order valence-corrected chi connectivity index (χ4v) is 3.68. The number of benzene rings is 1. The monoisotopic (exact) mass is 346 g/mol. The van der Waals surface area contributed by atoms with Gasteiger partial charge in [-0.25, -0.2) is 0 Å². The van der Waals surface area contributed by atoms with Gasteiger partial charge in [-0.15, -0.1) is 0 Å². The Hall–Kier alpha value is -1.59. The van der Waals surface area contributed by atoms with Crippen LogP contribution in [0.4, 0.5) is 0 Å². The molecule has 2 aliphatic rings. The summed E-state index contributed by atoms with van der Waals surface area (Å²) in [5, 5.41) is 0. The Kier molecular flexibility index (Phi) is 6.70. The summed E-state index contributed by atoms with van der Waals surface area (Å²) in [7, 11) is 1.67. The van der Waals surface area contributed by atoms with Crippen molar-refractivity contribution < 1.29 is 14.3 Å². The molecule has 2 fully saturated rings. The van der Waals surface area contributed by atoms with Gasteiger partial charge in [0.2, 0.25) is 5.91 Å². The average Bonchev–Trinajstić information content (AvgIpc) is 2.91. The summed E-state index contributed by atoms with van der Waals surface area (Å²) < 4.78 is 11.1. The lowest BCUT2D eigenvalue weighted by atomic mass is 10.1. The van der Waals surface area contributed by atoms with E-state index in [1.807, 2.05) is 17.0 Å². The second kappa shape index (κ2) is 9.20. The number of carbonyl (C=O) groups excluding carboxylic acids is 1. The summed E-state index contributed by atoms with van der Waals surface area (Å²) in [5.74, 6) is 1.12. The predicted molar refractivity (Wildman–Crippen MR) is 97.9 cm³/mol. The summed E-state index contributed by atoms with van der Waals surface area (Å²) in [5.41, 5.74) is 1.22. The molecule has 2 aliphatic heterocycles. The van der Waals surface area contributed by atoms with Crippen molar-refractivity contribution in [3.63, 3.8) is 0 Å². The van der Waals surface area contributed by atoms with Crippen molar-refractivity contribution in [3.8, 4) is 5.75 Å². The van der Waals surface area contributed by atoms with Gasteiger partial charge in [0.1, 0.15) is 5.75 Å². The van der Waals surface area contributed by atoms with Crippen LogP contribution in [0.3, 0.4) is 0 Å². The zero-order chi connectivity index (χ0) is 17.5. The fourth-order valence-electron chi connectivity index (χ4n) is 3.68. The van der Waals surface area contributed by atoms with Crippen molar-refractivity contribution >= 4 is 5.91 Å². The molecule has 0 aliphatic carbocycles. The first-order valence-electron chi connectivity index (χ1n) is 9.49. The Labute approximate surface area is 150 Å². The van der Waals surface area contributed by atoms with Gasteiger partial charge in [-0.1, -0.05) is 25.0 Å². The highest BCUT2D eigenvalue weighted by atomic mass is 16.5. The van der Waals surface area contributed by atoms with Crippen LogP contribution < -0.4 is 4.74 Å². The lowest BCUT2D eigenvalue weighted by Crippen LogP contribution is -2.49. The van der Waals surface area contributed by atoms with E-state index in [0.717, 1.165) is 25.3 Å². The Morgan fingerprint density at radius 2 is 1.84 bits per heavy atom. The standard InChI is InChI=1S/C20H30N2O3/c1-24-18-8-6-17(7-9-18)14-19-15-22(12-13-25-19)20(23)16-21-10-4-2-3-5-11-21/h6-9,19H,2-5,10-16H2,1H3/t19-/m0/s1. The molecule has 0 saturated carbocycles. The SMILES string of the molecule is COc1ccc(C[C@H]2CN(C(=O)CN3CCCCCC3)CCO2)cc1. The lowest BCUT2D eigenvalue weighted by Gasteiger charge is -2.34. The molecule has 0 spiro atoms. The third kappa shape index (κ3) is 5.44. The molecule has 5 heteroatoms. The molecule has 1 atom stereocenters. The normalized spacial score (nSPS) is 22.4. The number of nitrogens with zero attached hydrogens (tertiary/aromatic N) is 2. The molecule has 25 heavy (non-hydrogen) atoms. The van der Waals surface area contributed by atoms with Crippen molar-refractivity contribution in [1.82, 2.24) is 9.80 Å². The van der Waals surface area contributed by atoms with Gasteiger partial charge in [-0.2, -0.15) is 0 Å². The van der Waals surface area contributed by atoms with Gasteiger partial charge in [-0.3, -0.25) is 9.69 Å². The molecule has 0 unspecified atom stereocenters. The Balaban J connectivity index is 1.50. The van der Waals surface area contributed by atoms with Crippen LogP contribution in [0.2, 0.25) is 0 Å². The minimum absolute atomic E-state index is 0.0789. The summed E-state index contributed by atoms with van der Waals surface area (Å²) in [6.45, 7) is 4.73. The largest absolute Gasteiger partial charge is 0.497 e. The quantitative estimate of drug-likeness (QED) is 0.821. The van der Waals surface area contributed by atoms with E-state index >= 15 is 0 Å². The number of ether oxygens (including phenoxy) is 2. The molecule has 1 aromatic carbocycles. The lowest BCUT2D eigenvalue weighted by molar-refractivity contribution is -0.139. The van der Waals surface area contributed by atoms with Crippen LogP contribution in [0.15, 0.2) is 24.3 Å². The molecule has 2 heterocycles. The van der Waals surface area contributed by atoms with Gasteiger partial charge in [0.15, 0.2) is 0 Å². The number of likely N-dealkylation sites (tertiary alicyclic amines) is 1. The van der Waals surface area contributed by atoms with E-state index < -0.39 is 0 Å². The van der Waals surface area contributed by atoms with Gasteiger partial charge in [0.25, 0.3) is 0 Å². The molecule has 2 saturated heterocycles. The van der Waals surface area contributed by atoms with Crippen LogP contribution >= 0.6 is 0 Å². The maximum atomic E-state index is 12.7. The van der Waals surface area contributed by atoms with E-state index in [1.54, 1.807) is 7.11 Å². The van der Waals surface area contributed by atoms with Crippen LogP contribution in [0.5, 0.6) is 5.75 Å². The Bertz CT molecular complexity index is 538. The number of amides is 1. The predicted octanol–water partition coefficient (Wildman–Crippen LogP) is 2.34. The molecular formula is C20H30N2O3. The molecule has 138 valence electrons. The van der Waals surface area contributed by atoms with Gasteiger partial charge < -0.3 is 14.4 Å². The number of morpholine rings is 1. The molecule has 0 bridgehead atoms. The van der Waals surface area contributed by atoms with Crippen LogP contribution in [0.1, 0.15) is 31.2 Å². The smallest absolute Gasteiger partial charge is 0.236 e. The molecule has 1 aromatic rings. The van der Waals surface area contributed by atoms with Crippen LogP contribution in [0, 0.1) is 0 Å². The summed E-state index contributed by atoms with van der Waals surface area (Å²) in [4.78, 5) is 17.0. The van der Waals surface area contributed by atoms with Crippen molar-refractivity contribution in [2.75, 3.05) is 46.4 Å². The first-order chi connectivity index (χ1) is 12.2. The molecule has 0 aromatic heterocycles. The van der Waals surface area contributed by atoms with Crippen molar-refractivity contribution in [2.24, 2.45) is 0 Å². The van der Waals surface area contributed by atoms with E-state index in [9.17, 15) is 4.79 Å². The van der Waals surface area contributed by atoms with Crippen molar-refractivity contribution in [2.45, 2.75) is 38.2 Å². The molecular weight excluding hydrogens is 316 g/mol. The summed E-state index contributed by atoms with van der Waals surface area (Å²) in [6.07, 6.45) is 5.94. The number of methoxy groups -OCH3 is 1. The Morgan fingerprint density at radius 3 is 2.52 bits per heavy atom. The van der Waals surface area contributed by atoms with E-state index in [-0.39, 0.29) is 12.0 Å². The van der Waals surface area contributed by atoms with E-state index in [1.165, 1.54) is 31.2 Å². The maximum absolute atomic E-state index is 12.7. The first-order valence-corrected chi connectivity index (χ1v) is 9.49. The van der Waals surface area contributed by atoms with Crippen molar-refractivity contribution in [1.29, 1.82) is 0 Å². The van der Waals surface area contributed by atoms with Gasteiger partial charge in [-0.05, 0) is 43.6 Å². The number of rotatable bonds is 5. The maximum Gasteiger partial charge on any atom is 0.236 e. The molecule has 1 amide bonds. The van der Waals surface area contributed by atoms with Gasteiger partial charge in [0.05, 0.1) is 26.4 Å². The highest BCUT2D eigenvalue weighted by Crippen LogP contribution is 2.16. The summed E-state index contributed by atoms with van der Waals surface area (Å²) >= 11 is 0. The minimum atomic E-state index is 0.0789. The third-order valence-electron chi connectivity index (χ3n) is 5.17. The van der Waals surface area contributed by atoms with Crippen molar-refractivity contribution in [3.05, 3.63) is 29.8 Å². The molecule has 5 nitrogen and oxygen atoms in total. The topological polar surface area (TPSA) is 42.0 Å². The molecule has 3 rings (SSSR count). The van der Waals surface area contributed by atoms with Gasteiger partial charge in [0, 0.05) is 19.5 Å². The highest BCUT2D eigenvalue weighted by Gasteiger charge is 2.25. The van der Waals surface area contributed by atoms with E-state index in [0.29, 0.717) is 26.2 Å². The zero-order valence-corrected chi connectivity index (χ0v) is 15.3. The minimum Gasteiger partial charge on any atom is -0.497 e. The third-order valence-corrected chi connectivity index (χ3v) is 5.17. The van der Waals surface area contributed by atoms with E-state index in [2.05, 4.69) is 17.0 Å².